The number of aromatic nitrogens is 2. The number of carbonyl (C=O) groups excluding carboxylic acids is 2. The number of nitrogens with one attached hydrogen (secondary N) is 2. The van der Waals surface area contributed by atoms with Crippen molar-refractivity contribution in [2.24, 2.45) is 0 Å². The normalized spacial score (nSPS) is 13.0. The summed E-state index contributed by atoms with van der Waals surface area (Å²) in [5, 5.41) is 6.18. The Kier molecular flexibility index (Phi) is 5.73. The van der Waals surface area contributed by atoms with Crippen LogP contribution in [0.5, 0.6) is 0 Å². The zero-order valence-electron chi connectivity index (χ0n) is 14.4. The number of rotatable bonds is 6. The standard InChI is InChI=1S/C19H21ClN4O2/c1-2-10-21-19(26)17-23-16(15-9-5-6-11-24(15)17)18(25)22-12-13-7-3-4-8-14(13)20/h2-4,7-8H,1,5-6,9-12H2,(H,21,26)(H,22,25). The lowest BCUT2D eigenvalue weighted by atomic mass is 10.1. The van der Waals surface area contributed by atoms with Crippen LogP contribution in [0.2, 0.25) is 5.02 Å². The van der Waals surface area contributed by atoms with Crippen LogP contribution >= 0.6 is 11.6 Å². The highest BCUT2D eigenvalue weighted by atomic mass is 35.5. The Morgan fingerprint density at radius 3 is 2.81 bits per heavy atom. The molecule has 0 aliphatic carbocycles. The first kappa shape index (κ1) is 18.2. The second-order valence-corrected chi connectivity index (χ2v) is 6.52. The fraction of sp³-hybridized carbons (Fsp3) is 0.316. The van der Waals surface area contributed by atoms with Crippen LogP contribution in [-0.2, 0) is 19.5 Å². The molecule has 3 rings (SSSR count). The van der Waals surface area contributed by atoms with Crippen molar-refractivity contribution in [2.45, 2.75) is 32.4 Å². The van der Waals surface area contributed by atoms with E-state index in [1.165, 1.54) is 0 Å². The summed E-state index contributed by atoms with van der Waals surface area (Å²) in [5.74, 6) is -0.305. The number of amides is 2. The smallest absolute Gasteiger partial charge is 0.287 e. The number of imidazole rings is 1. The van der Waals surface area contributed by atoms with Gasteiger partial charge in [-0.25, -0.2) is 4.98 Å². The van der Waals surface area contributed by atoms with E-state index in [-0.39, 0.29) is 17.6 Å². The van der Waals surface area contributed by atoms with Crippen LogP contribution in [0.4, 0.5) is 0 Å². The predicted molar refractivity (Wildman–Crippen MR) is 100 cm³/mol. The molecule has 0 fully saturated rings. The maximum atomic E-state index is 12.7. The number of carbonyl (C=O) groups is 2. The predicted octanol–water partition coefficient (Wildman–Crippen LogP) is 2.72. The van der Waals surface area contributed by atoms with Gasteiger partial charge in [-0.3, -0.25) is 9.59 Å². The lowest BCUT2D eigenvalue weighted by molar-refractivity contribution is 0.0941. The van der Waals surface area contributed by atoms with Gasteiger partial charge in [0.15, 0.2) is 5.82 Å². The number of halogens is 1. The van der Waals surface area contributed by atoms with Crippen LogP contribution in [0, 0.1) is 0 Å². The maximum absolute atomic E-state index is 12.7. The molecule has 136 valence electrons. The Morgan fingerprint density at radius 2 is 2.04 bits per heavy atom. The van der Waals surface area contributed by atoms with Gasteiger partial charge in [-0.1, -0.05) is 35.9 Å². The van der Waals surface area contributed by atoms with Gasteiger partial charge in [0.2, 0.25) is 0 Å². The summed E-state index contributed by atoms with van der Waals surface area (Å²) in [7, 11) is 0. The monoisotopic (exact) mass is 372 g/mol. The molecule has 2 heterocycles. The lowest BCUT2D eigenvalue weighted by Gasteiger charge is -2.17. The number of nitrogens with zero attached hydrogens (tertiary/aromatic N) is 2. The third-order valence-corrected chi connectivity index (χ3v) is 4.71. The van der Waals surface area contributed by atoms with Crippen molar-refractivity contribution in [3.8, 4) is 0 Å². The quantitative estimate of drug-likeness (QED) is 0.765. The summed E-state index contributed by atoms with van der Waals surface area (Å²) in [6, 6.07) is 7.35. The zero-order chi connectivity index (χ0) is 18.5. The molecule has 2 aromatic rings. The molecular weight excluding hydrogens is 352 g/mol. The third kappa shape index (κ3) is 3.80. The molecule has 1 aliphatic heterocycles. The summed E-state index contributed by atoms with van der Waals surface area (Å²) < 4.78 is 1.85. The van der Waals surface area contributed by atoms with E-state index in [4.69, 9.17) is 11.6 Å². The lowest BCUT2D eigenvalue weighted by Crippen LogP contribution is -2.28. The maximum Gasteiger partial charge on any atom is 0.287 e. The molecule has 1 aliphatic rings. The van der Waals surface area contributed by atoms with Crippen LogP contribution < -0.4 is 10.6 Å². The molecule has 0 atom stereocenters. The van der Waals surface area contributed by atoms with Gasteiger partial charge < -0.3 is 15.2 Å². The van der Waals surface area contributed by atoms with Gasteiger partial charge in [0.05, 0.1) is 5.69 Å². The van der Waals surface area contributed by atoms with E-state index < -0.39 is 0 Å². The van der Waals surface area contributed by atoms with Crippen molar-refractivity contribution in [2.75, 3.05) is 6.54 Å². The molecule has 0 bridgehead atoms. The summed E-state index contributed by atoms with van der Waals surface area (Å²) in [4.78, 5) is 29.4. The zero-order valence-corrected chi connectivity index (χ0v) is 15.2. The highest BCUT2D eigenvalue weighted by Gasteiger charge is 2.27. The number of benzene rings is 1. The minimum Gasteiger partial charge on any atom is -0.347 e. The van der Waals surface area contributed by atoms with Crippen molar-refractivity contribution in [3.05, 3.63) is 64.7 Å². The molecule has 2 amide bonds. The Balaban J connectivity index is 1.81. The van der Waals surface area contributed by atoms with Crippen LogP contribution in [0.15, 0.2) is 36.9 Å². The van der Waals surface area contributed by atoms with E-state index in [1.807, 2.05) is 22.8 Å². The number of hydrogen-bond acceptors (Lipinski definition) is 3. The molecular formula is C19H21ClN4O2. The van der Waals surface area contributed by atoms with Gasteiger partial charge in [0.1, 0.15) is 5.69 Å². The van der Waals surface area contributed by atoms with E-state index in [1.54, 1.807) is 12.1 Å². The van der Waals surface area contributed by atoms with Crippen molar-refractivity contribution in [3.63, 3.8) is 0 Å². The van der Waals surface area contributed by atoms with E-state index in [0.29, 0.717) is 30.4 Å². The van der Waals surface area contributed by atoms with Gasteiger partial charge in [-0.2, -0.15) is 0 Å². The fourth-order valence-electron chi connectivity index (χ4n) is 3.04. The molecule has 6 nitrogen and oxygen atoms in total. The first-order valence-electron chi connectivity index (χ1n) is 8.62. The van der Waals surface area contributed by atoms with Crippen molar-refractivity contribution in [1.82, 2.24) is 20.2 Å². The average Bonchev–Trinajstić information content (AvgIpc) is 3.05. The van der Waals surface area contributed by atoms with Crippen LogP contribution in [0.3, 0.4) is 0 Å². The largest absolute Gasteiger partial charge is 0.347 e. The second kappa shape index (κ2) is 8.19. The molecule has 26 heavy (non-hydrogen) atoms. The van der Waals surface area contributed by atoms with E-state index in [0.717, 1.165) is 30.5 Å². The molecule has 1 aromatic heterocycles. The first-order valence-corrected chi connectivity index (χ1v) is 8.99. The topological polar surface area (TPSA) is 76.0 Å². The minimum absolute atomic E-state index is 0.282. The molecule has 0 saturated carbocycles. The minimum atomic E-state index is -0.293. The van der Waals surface area contributed by atoms with Gasteiger partial charge in [-0.05, 0) is 30.9 Å². The van der Waals surface area contributed by atoms with E-state index in [9.17, 15) is 9.59 Å². The average molecular weight is 373 g/mol. The van der Waals surface area contributed by atoms with Gasteiger partial charge >= 0.3 is 0 Å². The third-order valence-electron chi connectivity index (χ3n) is 4.34. The van der Waals surface area contributed by atoms with Crippen molar-refractivity contribution < 1.29 is 9.59 Å². The number of fused-ring (bicyclic) bond motifs is 1. The second-order valence-electron chi connectivity index (χ2n) is 6.11. The molecule has 0 radical (unpaired) electrons. The van der Waals surface area contributed by atoms with Gasteiger partial charge in [0, 0.05) is 24.7 Å². The van der Waals surface area contributed by atoms with Gasteiger partial charge in [0.25, 0.3) is 11.8 Å². The summed E-state index contributed by atoms with van der Waals surface area (Å²) >= 11 is 6.13. The van der Waals surface area contributed by atoms with Crippen LogP contribution in [0.25, 0.3) is 0 Å². The fourth-order valence-corrected chi connectivity index (χ4v) is 3.25. The number of hydrogen-bond donors (Lipinski definition) is 2. The molecule has 1 aromatic carbocycles. The SMILES string of the molecule is C=CCNC(=O)c1nc(C(=O)NCc2ccccc2Cl)c2n1CCCC2. The Labute approximate surface area is 157 Å². The molecule has 7 heteroatoms. The summed E-state index contributed by atoms with van der Waals surface area (Å²) in [5.41, 5.74) is 1.97. The van der Waals surface area contributed by atoms with Crippen molar-refractivity contribution in [1.29, 1.82) is 0 Å². The molecule has 0 saturated heterocycles. The van der Waals surface area contributed by atoms with Gasteiger partial charge in [-0.15, -0.1) is 6.58 Å². The Morgan fingerprint density at radius 1 is 1.23 bits per heavy atom. The van der Waals surface area contributed by atoms with Crippen LogP contribution in [0.1, 0.15) is 45.2 Å². The Hall–Kier alpha value is -2.60. The van der Waals surface area contributed by atoms with Crippen molar-refractivity contribution >= 4 is 23.4 Å². The van der Waals surface area contributed by atoms with E-state index >= 15 is 0 Å². The summed E-state index contributed by atoms with van der Waals surface area (Å²) in [6.45, 7) is 4.95. The summed E-state index contributed by atoms with van der Waals surface area (Å²) in [6.07, 6.45) is 4.28. The van der Waals surface area contributed by atoms with Crippen LogP contribution in [-0.4, -0.2) is 27.9 Å². The highest BCUT2D eigenvalue weighted by molar-refractivity contribution is 6.31. The highest BCUT2D eigenvalue weighted by Crippen LogP contribution is 2.21. The Bertz CT molecular complexity index is 844. The molecule has 2 N–H and O–H groups in total. The molecule has 0 spiro atoms. The van der Waals surface area contributed by atoms with E-state index in [2.05, 4.69) is 22.2 Å². The first-order chi connectivity index (χ1) is 12.6. The molecule has 0 unspecified atom stereocenters.